The second-order valence-corrected chi connectivity index (χ2v) is 8.86. The molecule has 0 saturated heterocycles. The minimum absolute atomic E-state index is 0.0159. The fraction of sp³-hybridized carbons (Fsp3) is 0.875. The van der Waals surface area contributed by atoms with Crippen molar-refractivity contribution in [3.63, 3.8) is 0 Å². The van der Waals surface area contributed by atoms with Crippen LogP contribution in [0.3, 0.4) is 0 Å². The molecule has 0 saturated carbocycles. The van der Waals surface area contributed by atoms with Gasteiger partial charge in [0.05, 0.1) is 38.6 Å². The van der Waals surface area contributed by atoms with E-state index < -0.39 is 6.29 Å². The molecule has 0 aliphatic carbocycles. The average molecular weight is 415 g/mol. The highest BCUT2D eigenvalue weighted by molar-refractivity contribution is 7.81. The van der Waals surface area contributed by atoms with Crippen LogP contribution in [0.15, 0.2) is 0 Å². The molecule has 9 heteroatoms. The van der Waals surface area contributed by atoms with Crippen molar-refractivity contribution in [3.05, 3.63) is 0 Å². The van der Waals surface area contributed by atoms with Gasteiger partial charge in [-0.3, -0.25) is 9.59 Å². The number of rotatable bonds is 13. The molecule has 0 aromatic carbocycles. The lowest BCUT2D eigenvalue weighted by Gasteiger charge is -2.20. The molecular weight excluding hydrogens is 384 g/mol. The molecule has 0 aromatic heterocycles. The number of thiol groups is 3. The molecule has 148 valence electrons. The van der Waals surface area contributed by atoms with Gasteiger partial charge in [-0.2, -0.15) is 37.9 Å². The Balaban J connectivity index is 4.43. The zero-order valence-corrected chi connectivity index (χ0v) is 17.6. The van der Waals surface area contributed by atoms with Crippen LogP contribution in [-0.4, -0.2) is 58.9 Å². The van der Waals surface area contributed by atoms with E-state index in [1.807, 2.05) is 6.92 Å². The molecule has 0 spiro atoms. The number of aliphatic hydroxyl groups excluding tert-OH is 1. The number of esters is 2. The summed E-state index contributed by atoms with van der Waals surface area (Å²) in [5.74, 6) is -1.14. The third kappa shape index (κ3) is 15.9. The molecule has 0 heterocycles. The summed E-state index contributed by atoms with van der Waals surface area (Å²) in [7, 11) is 0. The summed E-state index contributed by atoms with van der Waals surface area (Å²) >= 11 is 12.5. The van der Waals surface area contributed by atoms with E-state index in [-0.39, 0.29) is 66.3 Å². The molecule has 25 heavy (non-hydrogen) atoms. The summed E-state index contributed by atoms with van der Waals surface area (Å²) in [5.41, 5.74) is 0. The zero-order valence-electron chi connectivity index (χ0n) is 15.0. The van der Waals surface area contributed by atoms with Gasteiger partial charge in [0.15, 0.2) is 6.29 Å². The lowest BCUT2D eigenvalue weighted by Crippen LogP contribution is -2.28. The smallest absolute Gasteiger partial charge is 0.306 e. The summed E-state index contributed by atoms with van der Waals surface area (Å²) in [6, 6.07) is 0. The van der Waals surface area contributed by atoms with Gasteiger partial charge in [-0.1, -0.05) is 20.8 Å². The molecule has 0 aliphatic rings. The van der Waals surface area contributed by atoms with Gasteiger partial charge < -0.3 is 19.3 Å². The topological polar surface area (TPSA) is 82.1 Å². The van der Waals surface area contributed by atoms with Crippen LogP contribution in [-0.2, 0) is 23.8 Å². The van der Waals surface area contributed by atoms with E-state index in [0.717, 1.165) is 0 Å². The predicted molar refractivity (Wildman–Crippen MR) is 107 cm³/mol. The van der Waals surface area contributed by atoms with Gasteiger partial charge in [-0.25, -0.2) is 0 Å². The van der Waals surface area contributed by atoms with Crippen molar-refractivity contribution >= 4 is 49.8 Å². The van der Waals surface area contributed by atoms with E-state index in [0.29, 0.717) is 6.42 Å². The average Bonchev–Trinajstić information content (AvgIpc) is 2.44. The normalized spacial score (nSPS) is 17.2. The van der Waals surface area contributed by atoms with Gasteiger partial charge >= 0.3 is 11.9 Å². The van der Waals surface area contributed by atoms with Crippen LogP contribution in [0, 0.1) is 5.92 Å². The van der Waals surface area contributed by atoms with Crippen molar-refractivity contribution in [2.75, 3.05) is 19.8 Å². The maximum Gasteiger partial charge on any atom is 0.306 e. The van der Waals surface area contributed by atoms with Gasteiger partial charge in [-0.05, 0) is 0 Å². The predicted octanol–water partition coefficient (Wildman–Crippen LogP) is 2.15. The molecular formula is C16H30O6S3. The number of ether oxygens (including phenoxy) is 3. The second kappa shape index (κ2) is 14.0. The number of hydrogen-bond donors (Lipinski definition) is 4. The molecule has 0 bridgehead atoms. The molecule has 0 aliphatic heterocycles. The van der Waals surface area contributed by atoms with E-state index >= 15 is 0 Å². The van der Waals surface area contributed by atoms with E-state index in [9.17, 15) is 14.7 Å². The summed E-state index contributed by atoms with van der Waals surface area (Å²) in [5, 5.41) is 9.54. The van der Waals surface area contributed by atoms with Gasteiger partial charge in [-0.15, -0.1) is 0 Å². The first kappa shape index (κ1) is 24.9. The van der Waals surface area contributed by atoms with Crippen molar-refractivity contribution in [2.45, 2.75) is 62.1 Å². The van der Waals surface area contributed by atoms with Gasteiger partial charge in [0.2, 0.25) is 0 Å². The molecule has 0 radical (unpaired) electrons. The highest BCUT2D eigenvalue weighted by Crippen LogP contribution is 2.10. The monoisotopic (exact) mass is 414 g/mol. The first-order valence-electron chi connectivity index (χ1n) is 8.25. The Bertz CT molecular complexity index is 364. The lowest BCUT2D eigenvalue weighted by molar-refractivity contribution is -0.155. The summed E-state index contributed by atoms with van der Waals surface area (Å²) in [6.45, 7) is 5.59. The quantitative estimate of drug-likeness (QED) is 0.210. The number of carbonyl (C=O) groups is 2. The SMILES string of the molecule is CC(S)CC(=O)OCC(COC(=O)CC(C)S)COC(O)CC(C)S. The molecule has 0 rings (SSSR count). The van der Waals surface area contributed by atoms with Crippen LogP contribution in [0.5, 0.6) is 0 Å². The van der Waals surface area contributed by atoms with E-state index in [1.54, 1.807) is 13.8 Å². The van der Waals surface area contributed by atoms with E-state index in [4.69, 9.17) is 14.2 Å². The largest absolute Gasteiger partial charge is 0.465 e. The zero-order chi connectivity index (χ0) is 19.4. The number of aliphatic hydroxyl groups is 1. The molecule has 4 unspecified atom stereocenters. The molecule has 1 N–H and O–H groups in total. The Morgan fingerprint density at radius 1 is 0.840 bits per heavy atom. The van der Waals surface area contributed by atoms with Crippen LogP contribution < -0.4 is 0 Å². The van der Waals surface area contributed by atoms with Crippen LogP contribution in [0.25, 0.3) is 0 Å². The van der Waals surface area contributed by atoms with Gasteiger partial charge in [0.1, 0.15) is 0 Å². The Morgan fingerprint density at radius 2 is 1.28 bits per heavy atom. The Kier molecular flexibility index (Phi) is 14.0. The highest BCUT2D eigenvalue weighted by atomic mass is 32.1. The number of hydrogen-bond acceptors (Lipinski definition) is 9. The maximum atomic E-state index is 11.6. The minimum Gasteiger partial charge on any atom is -0.465 e. The summed E-state index contributed by atoms with van der Waals surface area (Å²) < 4.78 is 15.7. The first-order chi connectivity index (χ1) is 11.6. The third-order valence-corrected chi connectivity index (χ3v) is 3.53. The van der Waals surface area contributed by atoms with Gasteiger partial charge in [0.25, 0.3) is 0 Å². The standard InChI is InChI=1S/C16H30O6S3/c1-10(23)4-14(17)20-7-13(8-21-15(18)5-11(2)24)9-22-16(19)6-12(3)25/h10-14,17,23-25H,4-9H2,1-3H3. The highest BCUT2D eigenvalue weighted by Gasteiger charge is 2.19. The fourth-order valence-electron chi connectivity index (χ4n) is 1.77. The van der Waals surface area contributed by atoms with E-state index in [2.05, 4.69) is 37.9 Å². The van der Waals surface area contributed by atoms with Crippen LogP contribution >= 0.6 is 37.9 Å². The van der Waals surface area contributed by atoms with Crippen molar-refractivity contribution < 1.29 is 28.9 Å². The van der Waals surface area contributed by atoms with Crippen molar-refractivity contribution in [1.82, 2.24) is 0 Å². The van der Waals surface area contributed by atoms with Gasteiger partial charge in [0, 0.05) is 22.2 Å². The van der Waals surface area contributed by atoms with Crippen LogP contribution in [0.1, 0.15) is 40.0 Å². The van der Waals surface area contributed by atoms with Crippen molar-refractivity contribution in [2.24, 2.45) is 5.92 Å². The first-order valence-corrected chi connectivity index (χ1v) is 9.80. The summed E-state index contributed by atoms with van der Waals surface area (Å²) in [6.07, 6.45) is -0.235. The third-order valence-electron chi connectivity index (χ3n) is 2.95. The Morgan fingerprint density at radius 3 is 1.64 bits per heavy atom. The van der Waals surface area contributed by atoms with Crippen LogP contribution in [0.2, 0.25) is 0 Å². The van der Waals surface area contributed by atoms with E-state index in [1.165, 1.54) is 0 Å². The number of carbonyl (C=O) groups excluding carboxylic acids is 2. The minimum atomic E-state index is -0.976. The summed E-state index contributed by atoms with van der Waals surface area (Å²) in [4.78, 5) is 23.3. The maximum absolute atomic E-state index is 11.6. The van der Waals surface area contributed by atoms with Crippen LogP contribution in [0.4, 0.5) is 0 Å². The molecule has 4 atom stereocenters. The molecule has 0 fully saturated rings. The molecule has 6 nitrogen and oxygen atoms in total. The molecule has 0 amide bonds. The van der Waals surface area contributed by atoms with Crippen molar-refractivity contribution in [1.29, 1.82) is 0 Å². The second-order valence-electron chi connectivity index (χ2n) is 6.21. The van der Waals surface area contributed by atoms with Crippen molar-refractivity contribution in [3.8, 4) is 0 Å². The Hall–Kier alpha value is -0.0900. The lowest BCUT2D eigenvalue weighted by atomic mass is 10.2. The Labute approximate surface area is 166 Å². The molecule has 0 aromatic rings. The fourth-order valence-corrected chi connectivity index (χ4v) is 2.25.